The number of methoxy groups -OCH3 is 2. The van der Waals surface area contributed by atoms with Gasteiger partial charge in [0.05, 0.1) is 37.6 Å². The Bertz CT molecular complexity index is 3040. The molecule has 12 rings (SSSR count). The molecule has 1 unspecified atom stereocenters. The number of carbonyl (C=O) groups excluding carboxylic acids is 3. The summed E-state index contributed by atoms with van der Waals surface area (Å²) in [7, 11) is 4.99. The molecule has 0 aliphatic carbocycles. The van der Waals surface area contributed by atoms with Gasteiger partial charge in [0.25, 0.3) is 0 Å². The zero-order valence-corrected chi connectivity index (χ0v) is 40.6. The van der Waals surface area contributed by atoms with Crippen molar-refractivity contribution in [2.75, 3.05) is 47.0 Å². The van der Waals surface area contributed by atoms with Crippen LogP contribution >= 0.6 is 11.8 Å². The molecule has 5 aromatic carbocycles. The topological polar surface area (TPSA) is 175 Å². The van der Waals surface area contributed by atoms with Gasteiger partial charge in [0.15, 0.2) is 40.0 Å². The number of carbonyl (C=O) groups is 3. The number of aryl methyl sites for hydroxylation is 1. The number of thioether (sulfide) groups is 1. The van der Waals surface area contributed by atoms with Crippen LogP contribution in [0.25, 0.3) is 12.2 Å². The third kappa shape index (κ3) is 7.71. The minimum atomic E-state index is -1.46. The second-order valence-corrected chi connectivity index (χ2v) is 19.8. The number of piperazine rings is 1. The molecule has 366 valence electrons. The SMILES string of the molecule is COc1cc2c(cc1OC(=O)/C=C/c1ccccc1)CCN[C@]21CS[C@@H]2c3c(O)c(C)c4c(c3[C@H](COC1=O)N1C2[C@@H]2c3c(cc(C)c(OC)c3OC(=O)/C=C/c3ccccc3)C[C@@H]([C@@H]1O)N2C)OCO4. The van der Waals surface area contributed by atoms with E-state index in [0.29, 0.717) is 58.9 Å². The van der Waals surface area contributed by atoms with Gasteiger partial charge >= 0.3 is 17.9 Å². The number of likely N-dealkylation sites (N-methyl/N-ethyl adjacent to an activating group) is 1. The zero-order valence-electron chi connectivity index (χ0n) is 39.8. The smallest absolute Gasteiger partial charge is 0.336 e. The maximum atomic E-state index is 15.1. The number of nitrogens with zero attached hydrogens (tertiary/aromatic N) is 2. The average Bonchev–Trinajstić information content (AvgIpc) is 3.87. The molecule has 0 amide bonds. The van der Waals surface area contributed by atoms with E-state index in [-0.39, 0.29) is 42.2 Å². The van der Waals surface area contributed by atoms with E-state index in [1.54, 1.807) is 38.3 Å². The summed E-state index contributed by atoms with van der Waals surface area (Å²) in [6.07, 6.45) is 5.90. The Morgan fingerprint density at radius 2 is 1.52 bits per heavy atom. The molecule has 16 heteroatoms. The van der Waals surface area contributed by atoms with Gasteiger partial charge in [0, 0.05) is 52.7 Å². The number of nitrogens with one attached hydrogen (secondary N) is 1. The number of phenols is 1. The Morgan fingerprint density at radius 3 is 2.21 bits per heavy atom. The molecular formula is C55H53N3O12S. The molecule has 1 spiro atoms. The second kappa shape index (κ2) is 18.4. The fraction of sp³-hybridized carbons (Fsp3) is 0.327. The summed E-state index contributed by atoms with van der Waals surface area (Å²) < 4.78 is 42.9. The van der Waals surface area contributed by atoms with Crippen molar-refractivity contribution in [1.29, 1.82) is 0 Å². The molecule has 0 saturated carbocycles. The Kier molecular flexibility index (Phi) is 12.1. The van der Waals surface area contributed by atoms with Crippen molar-refractivity contribution in [2.45, 2.75) is 67.9 Å². The summed E-state index contributed by atoms with van der Waals surface area (Å²) in [5.74, 6) is 0.280. The highest BCUT2D eigenvalue weighted by Crippen LogP contribution is 2.64. The number of esters is 3. The minimum Gasteiger partial charge on any atom is -0.507 e. The van der Waals surface area contributed by atoms with Gasteiger partial charge in [-0.2, -0.15) is 0 Å². The van der Waals surface area contributed by atoms with E-state index >= 15 is 4.79 Å². The highest BCUT2D eigenvalue weighted by Gasteiger charge is 2.61. The molecule has 7 aliphatic heterocycles. The zero-order chi connectivity index (χ0) is 49.3. The number of aromatic hydroxyl groups is 1. The predicted molar refractivity (Wildman–Crippen MR) is 264 cm³/mol. The quantitative estimate of drug-likeness (QED) is 0.0822. The van der Waals surface area contributed by atoms with E-state index in [1.807, 2.05) is 85.6 Å². The van der Waals surface area contributed by atoms with Crippen LogP contribution in [0.5, 0.6) is 40.2 Å². The number of phenolic OH excluding ortho intramolecular Hbond substituents is 1. The molecule has 2 fully saturated rings. The molecule has 15 nitrogen and oxygen atoms in total. The summed E-state index contributed by atoms with van der Waals surface area (Å²) in [6.45, 7) is 3.75. The first-order valence-corrected chi connectivity index (χ1v) is 24.6. The molecule has 5 aromatic rings. The van der Waals surface area contributed by atoms with Gasteiger partial charge in [-0.25, -0.2) is 14.4 Å². The third-order valence-electron chi connectivity index (χ3n) is 14.8. The first-order chi connectivity index (χ1) is 34.4. The van der Waals surface area contributed by atoms with Gasteiger partial charge in [-0.05, 0) is 91.4 Å². The van der Waals surface area contributed by atoms with Crippen LogP contribution in [0.3, 0.4) is 0 Å². The fourth-order valence-electron chi connectivity index (χ4n) is 11.6. The molecule has 7 heterocycles. The lowest BCUT2D eigenvalue weighted by Crippen LogP contribution is -2.70. The Hall–Kier alpha value is -6.82. The van der Waals surface area contributed by atoms with Crippen molar-refractivity contribution in [3.8, 4) is 40.2 Å². The van der Waals surface area contributed by atoms with Gasteiger partial charge in [0.1, 0.15) is 18.6 Å². The van der Waals surface area contributed by atoms with Crippen molar-refractivity contribution < 1.29 is 57.8 Å². The number of aliphatic hydroxyl groups is 1. The Balaban J connectivity index is 1.04. The van der Waals surface area contributed by atoms with Crippen LogP contribution in [-0.4, -0.2) is 103 Å². The van der Waals surface area contributed by atoms with Crippen LogP contribution < -0.4 is 33.7 Å². The monoisotopic (exact) mass is 979 g/mol. The van der Waals surface area contributed by atoms with Gasteiger partial charge in [-0.15, -0.1) is 11.8 Å². The molecule has 7 aliphatic rings. The lowest BCUT2D eigenvalue weighted by atomic mass is 9.73. The Labute approximate surface area is 414 Å². The summed E-state index contributed by atoms with van der Waals surface area (Å²) in [4.78, 5) is 46.4. The van der Waals surface area contributed by atoms with Crippen molar-refractivity contribution >= 4 is 41.8 Å². The number of rotatable bonds is 8. The van der Waals surface area contributed by atoms with Crippen molar-refractivity contribution in [3.05, 3.63) is 147 Å². The molecule has 0 radical (unpaired) electrons. The third-order valence-corrected chi connectivity index (χ3v) is 16.3. The second-order valence-electron chi connectivity index (χ2n) is 18.6. The summed E-state index contributed by atoms with van der Waals surface area (Å²) in [5, 5.41) is 28.3. The average molecular weight is 980 g/mol. The van der Waals surface area contributed by atoms with Gasteiger partial charge in [-0.3, -0.25) is 15.1 Å². The maximum absolute atomic E-state index is 15.1. The van der Waals surface area contributed by atoms with Crippen LogP contribution in [0.1, 0.15) is 73.0 Å². The Morgan fingerprint density at radius 1 is 0.831 bits per heavy atom. The van der Waals surface area contributed by atoms with Crippen molar-refractivity contribution in [1.82, 2.24) is 15.1 Å². The van der Waals surface area contributed by atoms with Crippen LogP contribution in [0, 0.1) is 13.8 Å². The molecule has 2 saturated heterocycles. The lowest BCUT2D eigenvalue weighted by molar-refractivity contribution is -0.186. The fourth-order valence-corrected chi connectivity index (χ4v) is 13.3. The van der Waals surface area contributed by atoms with E-state index in [2.05, 4.69) is 10.2 Å². The molecule has 71 heavy (non-hydrogen) atoms. The maximum Gasteiger partial charge on any atom is 0.336 e. The largest absolute Gasteiger partial charge is 0.507 e. The predicted octanol–water partition coefficient (Wildman–Crippen LogP) is 7.02. The van der Waals surface area contributed by atoms with Crippen LogP contribution in [0.2, 0.25) is 0 Å². The highest BCUT2D eigenvalue weighted by atomic mass is 32.2. The molecule has 4 bridgehead atoms. The van der Waals surface area contributed by atoms with E-state index < -0.39 is 59.1 Å². The number of hydrogen-bond acceptors (Lipinski definition) is 16. The summed E-state index contributed by atoms with van der Waals surface area (Å²) in [5.41, 5.74) is 5.57. The van der Waals surface area contributed by atoms with Crippen LogP contribution in [-0.2, 0) is 37.5 Å². The van der Waals surface area contributed by atoms with Gasteiger partial charge in [-0.1, -0.05) is 66.7 Å². The standard InChI is InChI=1S/C55H53N3O12S/c1-29-22-34-23-36-53(62)58-37-26-66-54(63)55(35-25-38(64-4)39(24-33(35)20-21-56-55)69-40(59)18-16-31-12-8-6-9-13-31)27-71-52(44-43(37)50-49(67-28-68-50)30(2)47(44)61)46(58)45(57(36)3)42(34)51(48(29)65-5)70-41(60)19-17-32-14-10-7-11-15-32/h6-19,22,24-25,36-37,45-46,52-53,56,61-62H,20-21,23,26-28H2,1-5H3/b18-16+,19-17+/t36-,37-,45-,46?,52+,53-,55+/m0/s1. The van der Waals surface area contributed by atoms with E-state index in [9.17, 15) is 19.8 Å². The normalized spacial score (nSPS) is 25.2. The summed E-state index contributed by atoms with van der Waals surface area (Å²) >= 11 is 1.44. The summed E-state index contributed by atoms with van der Waals surface area (Å²) in [6, 6.07) is 21.9. The molecular weight excluding hydrogens is 927 g/mol. The van der Waals surface area contributed by atoms with Crippen LogP contribution in [0.15, 0.2) is 91.0 Å². The molecule has 0 aromatic heterocycles. The first-order valence-electron chi connectivity index (χ1n) is 23.6. The minimum absolute atomic E-state index is 0.00767. The van der Waals surface area contributed by atoms with Crippen molar-refractivity contribution in [2.24, 2.45) is 0 Å². The van der Waals surface area contributed by atoms with Crippen LogP contribution in [0.4, 0.5) is 0 Å². The highest BCUT2D eigenvalue weighted by molar-refractivity contribution is 7.99. The van der Waals surface area contributed by atoms with E-state index in [1.165, 1.54) is 31.0 Å². The first kappa shape index (κ1) is 46.6. The van der Waals surface area contributed by atoms with E-state index in [4.69, 9.17) is 33.2 Å². The van der Waals surface area contributed by atoms with Crippen molar-refractivity contribution in [3.63, 3.8) is 0 Å². The van der Waals surface area contributed by atoms with Gasteiger partial charge < -0.3 is 43.4 Å². The van der Waals surface area contributed by atoms with Gasteiger partial charge in [0.2, 0.25) is 6.79 Å². The number of benzene rings is 5. The lowest BCUT2D eigenvalue weighted by Gasteiger charge is -2.62. The van der Waals surface area contributed by atoms with E-state index in [0.717, 1.165) is 33.4 Å². The number of aliphatic hydroxyl groups excluding tert-OH is 1. The number of fused-ring (bicyclic) bond motifs is 9. The number of hydrogen-bond donors (Lipinski definition) is 3. The molecule has 7 atom stereocenters. The molecule has 3 N–H and O–H groups in total. The number of ether oxygens (including phenoxy) is 7.